The maximum absolute atomic E-state index is 11.7. The Hall–Kier alpha value is -0.610. The van der Waals surface area contributed by atoms with Crippen molar-refractivity contribution in [2.24, 2.45) is 0 Å². The minimum atomic E-state index is 0.0441. The molecule has 0 spiro atoms. The largest absolute Gasteiger partial charge is 0.368 e. The highest BCUT2D eigenvalue weighted by Gasteiger charge is 2.15. The van der Waals surface area contributed by atoms with E-state index in [1.165, 1.54) is 51.6 Å². The van der Waals surface area contributed by atoms with E-state index in [2.05, 4.69) is 10.2 Å². The van der Waals surface area contributed by atoms with Crippen LogP contribution in [0, 0.1) is 0 Å². The zero-order valence-corrected chi connectivity index (χ0v) is 12.0. The Labute approximate surface area is 116 Å². The van der Waals surface area contributed by atoms with Gasteiger partial charge >= 0.3 is 0 Å². The second kappa shape index (κ2) is 8.54. The van der Waals surface area contributed by atoms with Gasteiger partial charge in [-0.15, -0.1) is 0 Å². The first-order valence-electron chi connectivity index (χ1n) is 7.95. The maximum atomic E-state index is 11.7. The molecular weight excluding hydrogens is 240 g/mol. The van der Waals surface area contributed by atoms with Crippen LogP contribution in [-0.2, 0) is 9.53 Å². The Morgan fingerprint density at radius 2 is 1.74 bits per heavy atom. The van der Waals surface area contributed by atoms with E-state index in [1.54, 1.807) is 0 Å². The van der Waals surface area contributed by atoms with Crippen molar-refractivity contribution < 1.29 is 9.53 Å². The van der Waals surface area contributed by atoms with Crippen molar-refractivity contribution in [2.75, 3.05) is 32.8 Å². The Kier molecular flexibility index (Phi) is 6.65. The topological polar surface area (TPSA) is 41.6 Å². The molecule has 0 bridgehead atoms. The lowest BCUT2D eigenvalue weighted by molar-refractivity contribution is -0.128. The number of hydrogen-bond donors (Lipinski definition) is 1. The average molecular weight is 268 g/mol. The van der Waals surface area contributed by atoms with Crippen LogP contribution >= 0.6 is 0 Å². The van der Waals surface area contributed by atoms with E-state index in [0.717, 1.165) is 25.9 Å². The predicted molar refractivity (Wildman–Crippen MR) is 76.1 cm³/mol. The van der Waals surface area contributed by atoms with Crippen LogP contribution in [0.15, 0.2) is 0 Å². The molecule has 0 unspecified atom stereocenters. The highest BCUT2D eigenvalue weighted by atomic mass is 16.5. The van der Waals surface area contributed by atoms with Gasteiger partial charge in [0.05, 0.1) is 6.10 Å². The standard InChI is InChI=1S/C15H28N2O2/c18-15(13-19-14-7-3-1-4-8-14)16-9-12-17-10-5-2-6-11-17/h14H,1-13H2,(H,16,18). The summed E-state index contributed by atoms with van der Waals surface area (Å²) in [4.78, 5) is 14.1. The first kappa shape index (κ1) is 14.8. The molecule has 1 amide bonds. The van der Waals surface area contributed by atoms with Crippen LogP contribution in [0.4, 0.5) is 0 Å². The Morgan fingerprint density at radius 3 is 2.47 bits per heavy atom. The molecule has 1 saturated heterocycles. The van der Waals surface area contributed by atoms with Crippen molar-refractivity contribution in [2.45, 2.75) is 57.5 Å². The number of nitrogens with zero attached hydrogens (tertiary/aromatic N) is 1. The van der Waals surface area contributed by atoms with E-state index in [4.69, 9.17) is 4.74 Å². The van der Waals surface area contributed by atoms with E-state index in [9.17, 15) is 4.79 Å². The summed E-state index contributed by atoms with van der Waals surface area (Å²) in [6.45, 7) is 4.36. The zero-order chi connectivity index (χ0) is 13.3. The molecule has 1 heterocycles. The lowest BCUT2D eigenvalue weighted by atomic mass is 9.98. The second-order valence-corrected chi connectivity index (χ2v) is 5.82. The fourth-order valence-corrected chi connectivity index (χ4v) is 3.01. The first-order valence-corrected chi connectivity index (χ1v) is 7.95. The van der Waals surface area contributed by atoms with Crippen LogP contribution in [0.3, 0.4) is 0 Å². The molecule has 1 N–H and O–H groups in total. The summed E-state index contributed by atoms with van der Waals surface area (Å²) in [5.74, 6) is 0.0441. The summed E-state index contributed by atoms with van der Waals surface area (Å²) in [6.07, 6.45) is 10.4. The van der Waals surface area contributed by atoms with Gasteiger partial charge in [0.2, 0.25) is 5.91 Å². The summed E-state index contributed by atoms with van der Waals surface area (Å²) in [6, 6.07) is 0. The molecule has 110 valence electrons. The van der Waals surface area contributed by atoms with E-state index in [-0.39, 0.29) is 12.5 Å². The van der Waals surface area contributed by atoms with Crippen LogP contribution < -0.4 is 5.32 Å². The zero-order valence-electron chi connectivity index (χ0n) is 12.0. The number of hydrogen-bond acceptors (Lipinski definition) is 3. The van der Waals surface area contributed by atoms with Crippen molar-refractivity contribution in [3.05, 3.63) is 0 Å². The molecule has 1 aliphatic carbocycles. The number of carbonyl (C=O) groups is 1. The molecular formula is C15H28N2O2. The number of likely N-dealkylation sites (tertiary alicyclic amines) is 1. The maximum Gasteiger partial charge on any atom is 0.246 e. The Balaban J connectivity index is 1.49. The van der Waals surface area contributed by atoms with Gasteiger partial charge in [-0.3, -0.25) is 4.79 Å². The van der Waals surface area contributed by atoms with Crippen molar-refractivity contribution in [3.63, 3.8) is 0 Å². The minimum Gasteiger partial charge on any atom is -0.368 e. The average Bonchev–Trinajstić information content (AvgIpc) is 2.47. The summed E-state index contributed by atoms with van der Waals surface area (Å²) >= 11 is 0. The molecule has 2 fully saturated rings. The monoisotopic (exact) mass is 268 g/mol. The van der Waals surface area contributed by atoms with Gasteiger partial charge in [-0.05, 0) is 38.8 Å². The van der Waals surface area contributed by atoms with Crippen LogP contribution in [0.25, 0.3) is 0 Å². The third kappa shape index (κ3) is 5.91. The Bertz CT molecular complexity index is 259. The number of nitrogens with one attached hydrogen (secondary N) is 1. The number of carbonyl (C=O) groups excluding carboxylic acids is 1. The molecule has 0 atom stereocenters. The van der Waals surface area contributed by atoms with Gasteiger partial charge in [-0.2, -0.15) is 0 Å². The summed E-state index contributed by atoms with van der Waals surface area (Å²) in [5, 5.41) is 2.96. The van der Waals surface area contributed by atoms with Crippen molar-refractivity contribution in [3.8, 4) is 0 Å². The molecule has 19 heavy (non-hydrogen) atoms. The molecule has 2 aliphatic rings. The number of amides is 1. The SMILES string of the molecule is O=C(COC1CCCCC1)NCCN1CCCCC1. The van der Waals surface area contributed by atoms with Gasteiger partial charge in [-0.25, -0.2) is 0 Å². The predicted octanol–water partition coefficient (Wildman–Crippen LogP) is 1.94. The summed E-state index contributed by atoms with van der Waals surface area (Å²) < 4.78 is 5.66. The fraction of sp³-hybridized carbons (Fsp3) is 0.933. The number of ether oxygens (including phenoxy) is 1. The van der Waals surface area contributed by atoms with E-state index in [0.29, 0.717) is 6.10 Å². The number of rotatable bonds is 6. The Morgan fingerprint density at radius 1 is 1.05 bits per heavy atom. The number of piperidine rings is 1. The smallest absolute Gasteiger partial charge is 0.246 e. The van der Waals surface area contributed by atoms with Gasteiger partial charge in [0.25, 0.3) is 0 Å². The molecule has 0 aromatic carbocycles. The second-order valence-electron chi connectivity index (χ2n) is 5.82. The van der Waals surface area contributed by atoms with Gasteiger partial charge in [0.15, 0.2) is 0 Å². The van der Waals surface area contributed by atoms with Gasteiger partial charge in [-0.1, -0.05) is 25.7 Å². The van der Waals surface area contributed by atoms with Crippen LogP contribution in [-0.4, -0.2) is 49.7 Å². The third-order valence-electron chi connectivity index (χ3n) is 4.20. The van der Waals surface area contributed by atoms with E-state index < -0.39 is 0 Å². The first-order chi connectivity index (χ1) is 9.34. The van der Waals surface area contributed by atoms with Crippen LogP contribution in [0.5, 0.6) is 0 Å². The molecule has 0 radical (unpaired) electrons. The molecule has 1 saturated carbocycles. The van der Waals surface area contributed by atoms with Gasteiger partial charge < -0.3 is 15.0 Å². The third-order valence-corrected chi connectivity index (χ3v) is 4.20. The van der Waals surface area contributed by atoms with E-state index in [1.807, 2.05) is 0 Å². The van der Waals surface area contributed by atoms with E-state index >= 15 is 0 Å². The van der Waals surface area contributed by atoms with Crippen molar-refractivity contribution in [1.29, 1.82) is 0 Å². The highest BCUT2D eigenvalue weighted by Crippen LogP contribution is 2.19. The van der Waals surface area contributed by atoms with Crippen LogP contribution in [0.2, 0.25) is 0 Å². The molecule has 4 nitrogen and oxygen atoms in total. The molecule has 0 aromatic rings. The minimum absolute atomic E-state index is 0.0441. The lowest BCUT2D eigenvalue weighted by Crippen LogP contribution is -2.39. The summed E-state index contributed by atoms with van der Waals surface area (Å²) in [5.41, 5.74) is 0. The van der Waals surface area contributed by atoms with Gasteiger partial charge in [0, 0.05) is 13.1 Å². The molecule has 0 aromatic heterocycles. The van der Waals surface area contributed by atoms with Crippen molar-refractivity contribution >= 4 is 5.91 Å². The quantitative estimate of drug-likeness (QED) is 0.800. The molecule has 2 rings (SSSR count). The van der Waals surface area contributed by atoms with Crippen LogP contribution in [0.1, 0.15) is 51.4 Å². The fourth-order valence-electron chi connectivity index (χ4n) is 3.01. The molecule has 1 aliphatic heterocycles. The lowest BCUT2D eigenvalue weighted by Gasteiger charge is -2.26. The highest BCUT2D eigenvalue weighted by molar-refractivity contribution is 5.77. The normalized spacial score (nSPS) is 22.3. The summed E-state index contributed by atoms with van der Waals surface area (Å²) in [7, 11) is 0. The molecule has 4 heteroatoms. The van der Waals surface area contributed by atoms with Gasteiger partial charge in [0.1, 0.15) is 6.61 Å². The van der Waals surface area contributed by atoms with Crippen molar-refractivity contribution in [1.82, 2.24) is 10.2 Å².